The summed E-state index contributed by atoms with van der Waals surface area (Å²) < 4.78 is 5.24. The topological polar surface area (TPSA) is 50.4 Å². The third-order valence-electron chi connectivity index (χ3n) is 3.12. The monoisotopic (exact) mass is 212 g/mol. The SMILES string of the molecule is CC(C)(C)OC(=O)NC1C2CNCC1C2. The van der Waals surface area contributed by atoms with Crippen LogP contribution in [0.2, 0.25) is 0 Å². The van der Waals surface area contributed by atoms with E-state index in [9.17, 15) is 4.79 Å². The minimum absolute atomic E-state index is 0.274. The van der Waals surface area contributed by atoms with Gasteiger partial charge >= 0.3 is 6.09 Å². The standard InChI is InChI=1S/C11H20N2O2/c1-11(2,3)15-10(14)13-9-7-4-8(9)6-12-5-7/h7-9,12H,4-6H2,1-3H3,(H,13,14). The number of carbonyl (C=O) groups excluding carboxylic acids is 1. The summed E-state index contributed by atoms with van der Waals surface area (Å²) in [6.45, 7) is 7.70. The molecule has 2 saturated heterocycles. The molecule has 2 atom stereocenters. The van der Waals surface area contributed by atoms with Gasteiger partial charge in [0.1, 0.15) is 5.60 Å². The number of piperidine rings is 2. The van der Waals surface area contributed by atoms with Crippen molar-refractivity contribution in [2.75, 3.05) is 13.1 Å². The van der Waals surface area contributed by atoms with Crippen LogP contribution in [-0.2, 0) is 4.74 Å². The second kappa shape index (κ2) is 3.67. The lowest BCUT2D eigenvalue weighted by Gasteiger charge is -2.49. The van der Waals surface area contributed by atoms with Crippen molar-refractivity contribution in [2.24, 2.45) is 11.8 Å². The maximum atomic E-state index is 11.5. The smallest absolute Gasteiger partial charge is 0.407 e. The summed E-state index contributed by atoms with van der Waals surface area (Å²) in [6.07, 6.45) is 0.970. The fourth-order valence-electron chi connectivity index (χ4n) is 2.43. The van der Waals surface area contributed by atoms with Gasteiger partial charge in [-0.05, 0) is 52.1 Å². The molecule has 4 heteroatoms. The fraction of sp³-hybridized carbons (Fsp3) is 0.909. The van der Waals surface area contributed by atoms with Crippen molar-refractivity contribution in [2.45, 2.75) is 38.8 Å². The van der Waals surface area contributed by atoms with Crippen LogP contribution in [0, 0.1) is 11.8 Å². The molecule has 86 valence electrons. The molecule has 3 rings (SSSR count). The van der Waals surface area contributed by atoms with Crippen molar-refractivity contribution < 1.29 is 9.53 Å². The normalized spacial score (nSPS) is 34.2. The zero-order valence-corrected chi connectivity index (χ0v) is 9.67. The van der Waals surface area contributed by atoms with Crippen LogP contribution in [0.3, 0.4) is 0 Å². The number of ether oxygens (including phenoxy) is 1. The lowest BCUT2D eigenvalue weighted by Crippen LogP contribution is -2.63. The molecule has 0 aromatic heterocycles. The lowest BCUT2D eigenvalue weighted by atomic mass is 9.67. The summed E-state index contributed by atoms with van der Waals surface area (Å²) in [7, 11) is 0. The Bertz CT molecular complexity index is 246. The number of fused-ring (bicyclic) bond motifs is 2. The van der Waals surface area contributed by atoms with Gasteiger partial charge in [0.05, 0.1) is 0 Å². The number of amides is 1. The van der Waals surface area contributed by atoms with E-state index in [-0.39, 0.29) is 6.09 Å². The van der Waals surface area contributed by atoms with Gasteiger partial charge in [-0.1, -0.05) is 0 Å². The summed E-state index contributed by atoms with van der Waals surface area (Å²) in [6, 6.07) is 0.334. The van der Waals surface area contributed by atoms with Crippen molar-refractivity contribution in [1.29, 1.82) is 0 Å². The summed E-state index contributed by atoms with van der Waals surface area (Å²) in [4.78, 5) is 11.5. The first-order valence-corrected chi connectivity index (χ1v) is 5.66. The average Bonchev–Trinajstić information content (AvgIpc) is 2.12. The first kappa shape index (κ1) is 10.7. The minimum atomic E-state index is -0.402. The molecule has 3 aliphatic rings. The molecule has 2 unspecified atom stereocenters. The molecule has 3 fully saturated rings. The molecule has 0 radical (unpaired) electrons. The van der Waals surface area contributed by atoms with Gasteiger partial charge in [-0.2, -0.15) is 0 Å². The Kier molecular flexibility index (Phi) is 2.63. The molecule has 0 aromatic carbocycles. The van der Waals surface area contributed by atoms with Crippen LogP contribution in [0.15, 0.2) is 0 Å². The first-order valence-electron chi connectivity index (χ1n) is 5.66. The van der Waals surface area contributed by atoms with Gasteiger partial charge < -0.3 is 15.4 Å². The van der Waals surface area contributed by atoms with E-state index >= 15 is 0 Å². The average molecular weight is 212 g/mol. The Morgan fingerprint density at radius 1 is 1.33 bits per heavy atom. The van der Waals surface area contributed by atoms with Gasteiger partial charge in [0, 0.05) is 6.04 Å². The van der Waals surface area contributed by atoms with Gasteiger partial charge in [0.25, 0.3) is 0 Å². The molecule has 1 saturated carbocycles. The highest BCUT2D eigenvalue weighted by Gasteiger charge is 2.44. The van der Waals surface area contributed by atoms with E-state index in [0.29, 0.717) is 17.9 Å². The Balaban J connectivity index is 1.80. The summed E-state index contributed by atoms with van der Waals surface area (Å²) in [5.74, 6) is 1.22. The molecular weight excluding hydrogens is 192 g/mol. The fourth-order valence-corrected chi connectivity index (χ4v) is 2.43. The molecule has 2 heterocycles. The highest BCUT2D eigenvalue weighted by Crippen LogP contribution is 2.36. The molecule has 2 bridgehead atoms. The van der Waals surface area contributed by atoms with E-state index in [0.717, 1.165) is 13.1 Å². The second-order valence-corrected chi connectivity index (χ2v) is 5.59. The van der Waals surface area contributed by atoms with Crippen LogP contribution in [0.1, 0.15) is 27.2 Å². The summed E-state index contributed by atoms with van der Waals surface area (Å²) >= 11 is 0. The third-order valence-corrected chi connectivity index (χ3v) is 3.12. The largest absolute Gasteiger partial charge is 0.444 e. The van der Waals surface area contributed by atoms with E-state index in [4.69, 9.17) is 4.74 Å². The Morgan fingerprint density at radius 2 is 1.93 bits per heavy atom. The van der Waals surface area contributed by atoms with E-state index in [2.05, 4.69) is 10.6 Å². The molecule has 15 heavy (non-hydrogen) atoms. The van der Waals surface area contributed by atoms with Gasteiger partial charge in [-0.3, -0.25) is 0 Å². The van der Waals surface area contributed by atoms with Crippen LogP contribution >= 0.6 is 0 Å². The number of hydrogen-bond acceptors (Lipinski definition) is 3. The zero-order chi connectivity index (χ0) is 11.1. The highest BCUT2D eigenvalue weighted by atomic mass is 16.6. The van der Waals surface area contributed by atoms with E-state index < -0.39 is 5.60 Å². The second-order valence-electron chi connectivity index (χ2n) is 5.59. The molecular formula is C11H20N2O2. The molecule has 2 aliphatic heterocycles. The molecule has 1 amide bonds. The number of carbonyl (C=O) groups is 1. The van der Waals surface area contributed by atoms with Crippen molar-refractivity contribution in [1.82, 2.24) is 10.6 Å². The summed E-state index contributed by atoms with van der Waals surface area (Å²) in [5, 5.41) is 6.32. The predicted molar refractivity (Wildman–Crippen MR) is 57.6 cm³/mol. The van der Waals surface area contributed by atoms with Crippen molar-refractivity contribution in [3.63, 3.8) is 0 Å². The van der Waals surface area contributed by atoms with E-state index in [1.54, 1.807) is 0 Å². The Labute approximate surface area is 90.8 Å². The maximum absolute atomic E-state index is 11.5. The number of alkyl carbamates (subject to hydrolysis) is 1. The number of rotatable bonds is 1. The van der Waals surface area contributed by atoms with Crippen LogP contribution in [0.5, 0.6) is 0 Å². The molecule has 0 spiro atoms. The van der Waals surface area contributed by atoms with E-state index in [1.807, 2.05) is 20.8 Å². The zero-order valence-electron chi connectivity index (χ0n) is 9.67. The molecule has 0 aromatic rings. The van der Waals surface area contributed by atoms with Crippen LogP contribution < -0.4 is 10.6 Å². The van der Waals surface area contributed by atoms with Crippen LogP contribution in [-0.4, -0.2) is 30.8 Å². The summed E-state index contributed by atoms with van der Waals surface area (Å²) in [5.41, 5.74) is -0.402. The van der Waals surface area contributed by atoms with Crippen LogP contribution in [0.25, 0.3) is 0 Å². The predicted octanol–water partition coefficient (Wildman–Crippen LogP) is 1.12. The van der Waals surface area contributed by atoms with Gasteiger partial charge in [0.2, 0.25) is 0 Å². The third kappa shape index (κ3) is 2.43. The van der Waals surface area contributed by atoms with E-state index in [1.165, 1.54) is 6.42 Å². The Morgan fingerprint density at radius 3 is 2.40 bits per heavy atom. The quantitative estimate of drug-likeness (QED) is 0.685. The Hall–Kier alpha value is -0.770. The van der Waals surface area contributed by atoms with Crippen molar-refractivity contribution in [3.05, 3.63) is 0 Å². The number of hydrogen-bond donors (Lipinski definition) is 2. The molecule has 2 N–H and O–H groups in total. The van der Waals surface area contributed by atoms with Crippen LogP contribution in [0.4, 0.5) is 4.79 Å². The van der Waals surface area contributed by atoms with Gasteiger partial charge in [-0.25, -0.2) is 4.79 Å². The van der Waals surface area contributed by atoms with Crippen molar-refractivity contribution >= 4 is 6.09 Å². The first-order chi connectivity index (χ1) is 6.96. The van der Waals surface area contributed by atoms with Gasteiger partial charge in [-0.15, -0.1) is 0 Å². The molecule has 1 aliphatic carbocycles. The number of nitrogens with one attached hydrogen (secondary N) is 2. The lowest BCUT2D eigenvalue weighted by molar-refractivity contribution is 0.0236. The highest BCUT2D eigenvalue weighted by molar-refractivity contribution is 5.68. The van der Waals surface area contributed by atoms with Crippen molar-refractivity contribution in [3.8, 4) is 0 Å². The molecule has 4 nitrogen and oxygen atoms in total. The minimum Gasteiger partial charge on any atom is -0.444 e. The maximum Gasteiger partial charge on any atom is 0.407 e. The van der Waals surface area contributed by atoms with Gasteiger partial charge in [0.15, 0.2) is 0 Å².